The number of halogens is 1. The Morgan fingerprint density at radius 3 is 2.46 bits per heavy atom. The van der Waals surface area contributed by atoms with Crippen LogP contribution in [-0.2, 0) is 25.5 Å². The molecule has 0 radical (unpaired) electrons. The van der Waals surface area contributed by atoms with Crippen molar-refractivity contribution < 1.29 is 44.6 Å². The van der Waals surface area contributed by atoms with Gasteiger partial charge in [0, 0.05) is 13.0 Å². The van der Waals surface area contributed by atoms with E-state index in [0.29, 0.717) is 5.56 Å². The van der Waals surface area contributed by atoms with Gasteiger partial charge in [-0.1, -0.05) is 36.3 Å². The van der Waals surface area contributed by atoms with E-state index in [2.05, 4.69) is 26.2 Å². The van der Waals surface area contributed by atoms with Crippen molar-refractivity contribution in [1.82, 2.24) is 19.5 Å². The molecule has 3 aromatic rings. The number of aromatic nitrogens is 4. The number of benzene rings is 1. The van der Waals surface area contributed by atoms with Crippen LogP contribution in [0.3, 0.4) is 0 Å². The van der Waals surface area contributed by atoms with Crippen molar-refractivity contribution in [2.45, 2.75) is 30.5 Å². The minimum absolute atomic E-state index is 0.0712. The summed E-state index contributed by atoms with van der Waals surface area (Å²) in [6.07, 6.45) is 1.68. The fraction of sp³-hybridized carbons (Fsp3) is 0.375. The molecule has 2 heterocycles. The molecule has 3 atom stereocenters. The number of terminal acetylenes is 1. The lowest BCUT2D eigenvalue weighted by Gasteiger charge is -2.30. The van der Waals surface area contributed by atoms with Gasteiger partial charge in [-0.15, -0.1) is 6.42 Å². The van der Waals surface area contributed by atoms with E-state index in [9.17, 15) is 30.0 Å². The molecule has 3 rings (SSSR count). The average Bonchev–Trinajstić information content (AvgIpc) is 3.34. The molecule has 0 saturated heterocycles. The highest BCUT2D eigenvalue weighted by Crippen LogP contribution is 2.27. The first-order valence-corrected chi connectivity index (χ1v) is 11.8. The van der Waals surface area contributed by atoms with Crippen molar-refractivity contribution in [2.24, 2.45) is 0 Å². The molecule has 0 saturated carbocycles. The Kier molecular flexibility index (Phi) is 10.1. The van der Waals surface area contributed by atoms with Crippen LogP contribution in [-0.4, -0.2) is 101 Å². The smallest absolute Gasteiger partial charge is 0.348 e. The second kappa shape index (κ2) is 13.3. The molecule has 2 aromatic heterocycles. The largest absolute Gasteiger partial charge is 0.479 e. The number of anilines is 1. The van der Waals surface area contributed by atoms with Gasteiger partial charge in [0.15, 0.2) is 29.3 Å². The number of hydrogen-bond donors (Lipinski definition) is 6. The van der Waals surface area contributed by atoms with Gasteiger partial charge in [-0.05, 0) is 17.2 Å². The lowest BCUT2D eigenvalue weighted by atomic mass is 9.94. The van der Waals surface area contributed by atoms with Gasteiger partial charge in [-0.25, -0.2) is 14.6 Å². The maximum absolute atomic E-state index is 12.1. The van der Waals surface area contributed by atoms with Gasteiger partial charge in [0.25, 0.3) is 5.60 Å². The van der Waals surface area contributed by atoms with Crippen molar-refractivity contribution in [3.63, 3.8) is 0 Å². The molecule has 1 aromatic carbocycles. The molecule has 0 spiro atoms. The topological polar surface area (TPSA) is 209 Å². The molecule has 0 amide bonds. The third-order valence-corrected chi connectivity index (χ3v) is 5.72. The zero-order chi connectivity index (χ0) is 28.6. The van der Waals surface area contributed by atoms with Gasteiger partial charge in [-0.3, -0.25) is 4.57 Å². The van der Waals surface area contributed by atoms with Crippen LogP contribution in [0.5, 0.6) is 0 Å². The summed E-state index contributed by atoms with van der Waals surface area (Å²) in [7, 11) is 0. The summed E-state index contributed by atoms with van der Waals surface area (Å²) in [5.41, 5.74) is -2.05. The number of aliphatic hydroxyl groups excluding tert-OH is 3. The standard InChI is InChI=1S/C24H26ClN5O9/c1-2-16(33)20(30-13-27-17-18(26-8-9-31)28-23(25)29-19(17)30)39-15(11-32)12-38-24(21(34)35,22(36)37)10-14-6-4-3-5-7-14/h1,3-7,13,15-16,20,31-33H,8-12H2,(H,34,35)(H,36,37)(H,26,28,29)/t15-,16+,20+/m0/s1. The van der Waals surface area contributed by atoms with Gasteiger partial charge in [-0.2, -0.15) is 9.97 Å². The van der Waals surface area contributed by atoms with Crippen molar-refractivity contribution >= 4 is 40.5 Å². The third-order valence-electron chi connectivity index (χ3n) is 5.55. The zero-order valence-electron chi connectivity index (χ0n) is 20.3. The maximum Gasteiger partial charge on any atom is 0.348 e. The van der Waals surface area contributed by atoms with Crippen LogP contribution in [0.1, 0.15) is 11.8 Å². The summed E-state index contributed by atoms with van der Waals surface area (Å²) in [4.78, 5) is 36.5. The molecule has 208 valence electrons. The first kappa shape index (κ1) is 29.7. The molecule has 6 N–H and O–H groups in total. The molecule has 0 unspecified atom stereocenters. The van der Waals surface area contributed by atoms with Crippen LogP contribution in [0.4, 0.5) is 5.82 Å². The lowest BCUT2D eigenvalue weighted by Crippen LogP contribution is -2.52. The second-order valence-electron chi connectivity index (χ2n) is 8.17. The van der Waals surface area contributed by atoms with Crippen molar-refractivity contribution in [1.29, 1.82) is 0 Å². The fourth-order valence-corrected chi connectivity index (χ4v) is 3.78. The summed E-state index contributed by atoms with van der Waals surface area (Å²) in [5.74, 6) is -1.24. The minimum Gasteiger partial charge on any atom is -0.479 e. The zero-order valence-corrected chi connectivity index (χ0v) is 21.1. The predicted molar refractivity (Wildman–Crippen MR) is 136 cm³/mol. The molecule has 0 bridgehead atoms. The summed E-state index contributed by atoms with van der Waals surface area (Å²) in [6.45, 7) is -1.55. The second-order valence-corrected chi connectivity index (χ2v) is 8.51. The van der Waals surface area contributed by atoms with Crippen LogP contribution in [0.15, 0.2) is 36.7 Å². The van der Waals surface area contributed by atoms with Crippen LogP contribution in [0.2, 0.25) is 5.28 Å². The Labute approximate surface area is 226 Å². The van der Waals surface area contributed by atoms with E-state index in [0.717, 1.165) is 0 Å². The number of aliphatic hydroxyl groups is 3. The summed E-state index contributed by atoms with van der Waals surface area (Å²) >= 11 is 6.03. The third kappa shape index (κ3) is 6.79. The summed E-state index contributed by atoms with van der Waals surface area (Å²) < 4.78 is 12.4. The maximum atomic E-state index is 12.1. The highest BCUT2D eigenvalue weighted by Gasteiger charge is 2.49. The SMILES string of the molecule is C#C[C@@H](O)[C@@H](O[C@@H](CO)COC(Cc1ccccc1)(C(=O)O)C(=O)O)n1cnc2c(NCCO)nc(Cl)nc21. The van der Waals surface area contributed by atoms with Gasteiger partial charge in [0.1, 0.15) is 6.10 Å². The Morgan fingerprint density at radius 1 is 1.18 bits per heavy atom. The molecular formula is C24H26ClN5O9. The van der Waals surface area contributed by atoms with Gasteiger partial charge < -0.3 is 40.3 Å². The molecule has 15 heteroatoms. The Bertz CT molecular complexity index is 1320. The predicted octanol–water partition coefficient (Wildman–Crippen LogP) is -0.0786. The van der Waals surface area contributed by atoms with E-state index in [1.54, 1.807) is 30.3 Å². The number of carboxylic acid groups (broad SMARTS) is 2. The van der Waals surface area contributed by atoms with Crippen LogP contribution >= 0.6 is 11.6 Å². The molecule has 0 aliphatic carbocycles. The summed E-state index contributed by atoms with van der Waals surface area (Å²) in [6, 6.07) is 8.01. The van der Waals surface area contributed by atoms with Crippen molar-refractivity contribution in [2.75, 3.05) is 31.7 Å². The number of imidazole rings is 1. The first-order valence-electron chi connectivity index (χ1n) is 11.5. The number of fused-ring (bicyclic) bond motifs is 1. The minimum atomic E-state index is -2.70. The number of carbonyl (C=O) groups is 2. The molecule has 0 aliphatic heterocycles. The Hall–Kier alpha value is -3.84. The van der Waals surface area contributed by atoms with Crippen LogP contribution < -0.4 is 5.32 Å². The fourth-order valence-electron chi connectivity index (χ4n) is 3.62. The van der Waals surface area contributed by atoms with Crippen molar-refractivity contribution in [3.8, 4) is 12.3 Å². The van der Waals surface area contributed by atoms with Gasteiger partial charge in [0.05, 0.1) is 26.1 Å². The number of rotatable bonds is 15. The number of aliphatic carboxylic acids is 2. The van der Waals surface area contributed by atoms with Crippen LogP contribution in [0, 0.1) is 12.3 Å². The number of ether oxygens (including phenoxy) is 2. The lowest BCUT2D eigenvalue weighted by molar-refractivity contribution is -0.195. The highest BCUT2D eigenvalue weighted by molar-refractivity contribution is 6.28. The molecule has 0 fully saturated rings. The molecular weight excluding hydrogens is 538 g/mol. The Balaban J connectivity index is 1.90. The number of nitrogens with zero attached hydrogens (tertiary/aromatic N) is 4. The summed E-state index contributed by atoms with van der Waals surface area (Å²) in [5, 5.41) is 51.8. The number of carboxylic acids is 2. The first-order chi connectivity index (χ1) is 18.7. The monoisotopic (exact) mass is 563 g/mol. The molecule has 0 aliphatic rings. The van der Waals surface area contributed by atoms with E-state index < -0.39 is 55.6 Å². The van der Waals surface area contributed by atoms with E-state index in [4.69, 9.17) is 32.6 Å². The van der Waals surface area contributed by atoms with Crippen LogP contribution in [0.25, 0.3) is 11.2 Å². The average molecular weight is 564 g/mol. The Morgan fingerprint density at radius 2 is 1.87 bits per heavy atom. The van der Waals surface area contributed by atoms with Gasteiger partial charge >= 0.3 is 11.9 Å². The van der Waals surface area contributed by atoms with E-state index in [-0.39, 0.29) is 35.4 Å². The number of nitrogens with one attached hydrogen (secondary N) is 1. The quantitative estimate of drug-likeness (QED) is 0.0812. The molecule has 14 nitrogen and oxygen atoms in total. The highest BCUT2D eigenvalue weighted by atomic mass is 35.5. The van der Waals surface area contributed by atoms with Gasteiger partial charge in [0.2, 0.25) is 5.28 Å². The van der Waals surface area contributed by atoms with E-state index in [1.807, 2.05) is 0 Å². The van der Waals surface area contributed by atoms with E-state index in [1.165, 1.54) is 10.9 Å². The normalized spacial score (nSPS) is 13.9. The number of hydrogen-bond acceptors (Lipinski definition) is 11. The van der Waals surface area contributed by atoms with Crippen molar-refractivity contribution in [3.05, 3.63) is 47.5 Å². The molecule has 39 heavy (non-hydrogen) atoms. The van der Waals surface area contributed by atoms with E-state index >= 15 is 0 Å².